The molecule has 0 aromatic heterocycles. The highest BCUT2D eigenvalue weighted by Crippen LogP contribution is 2.11. The lowest BCUT2D eigenvalue weighted by Crippen LogP contribution is -2.25. The fourth-order valence-corrected chi connectivity index (χ4v) is 1.78. The van der Waals surface area contributed by atoms with Crippen molar-refractivity contribution >= 4 is 18.0 Å². The third-order valence-corrected chi connectivity index (χ3v) is 2.79. The molecule has 0 radical (unpaired) electrons. The Morgan fingerprint density at radius 1 is 1.30 bits per heavy atom. The van der Waals surface area contributed by atoms with E-state index in [4.69, 9.17) is 5.11 Å². The zero-order valence-corrected chi connectivity index (χ0v) is 12.1. The molecule has 108 valence electrons. The number of carbonyl (C=O) groups is 2. The maximum absolute atomic E-state index is 12.0. The van der Waals surface area contributed by atoms with Crippen molar-refractivity contribution in [2.24, 2.45) is 5.92 Å². The van der Waals surface area contributed by atoms with Gasteiger partial charge in [0.1, 0.15) is 0 Å². The van der Waals surface area contributed by atoms with Crippen molar-refractivity contribution in [1.82, 2.24) is 5.32 Å². The van der Waals surface area contributed by atoms with Crippen LogP contribution in [0.1, 0.15) is 41.8 Å². The van der Waals surface area contributed by atoms with Crippen LogP contribution in [-0.4, -0.2) is 23.5 Å². The monoisotopic (exact) mass is 275 g/mol. The fraction of sp³-hybridized carbons (Fsp3) is 0.375. The number of carboxylic acid groups (broad SMARTS) is 1. The van der Waals surface area contributed by atoms with Gasteiger partial charge >= 0.3 is 5.97 Å². The van der Waals surface area contributed by atoms with Gasteiger partial charge in [-0.3, -0.25) is 4.79 Å². The van der Waals surface area contributed by atoms with Crippen LogP contribution in [0, 0.1) is 12.8 Å². The summed E-state index contributed by atoms with van der Waals surface area (Å²) >= 11 is 0. The van der Waals surface area contributed by atoms with Crippen LogP contribution in [0.25, 0.3) is 6.08 Å². The molecule has 0 aliphatic rings. The molecule has 0 spiro atoms. The maximum atomic E-state index is 12.0. The van der Waals surface area contributed by atoms with E-state index < -0.39 is 5.97 Å². The largest absolute Gasteiger partial charge is 0.478 e. The van der Waals surface area contributed by atoms with Gasteiger partial charge in [0.05, 0.1) is 0 Å². The zero-order valence-electron chi connectivity index (χ0n) is 12.1. The second kappa shape index (κ2) is 7.48. The quantitative estimate of drug-likeness (QED) is 0.784. The van der Waals surface area contributed by atoms with Crippen molar-refractivity contribution in [3.8, 4) is 0 Å². The highest BCUT2D eigenvalue weighted by molar-refractivity contribution is 5.95. The minimum absolute atomic E-state index is 0.126. The Labute approximate surface area is 119 Å². The SMILES string of the molecule is Cc1cc(/C=C/C(=O)O)cc(C(=O)NCCC(C)C)c1. The molecule has 0 saturated heterocycles. The lowest BCUT2D eigenvalue weighted by Gasteiger charge is -2.08. The molecule has 2 N–H and O–H groups in total. The minimum Gasteiger partial charge on any atom is -0.478 e. The summed E-state index contributed by atoms with van der Waals surface area (Å²) in [4.78, 5) is 22.5. The first-order chi connectivity index (χ1) is 9.38. The highest BCUT2D eigenvalue weighted by atomic mass is 16.4. The van der Waals surface area contributed by atoms with Gasteiger partial charge in [-0.15, -0.1) is 0 Å². The molecule has 0 heterocycles. The van der Waals surface area contributed by atoms with Crippen LogP contribution < -0.4 is 5.32 Å². The molecule has 4 heteroatoms. The van der Waals surface area contributed by atoms with E-state index in [1.165, 1.54) is 6.08 Å². The number of carbonyl (C=O) groups excluding carboxylic acids is 1. The van der Waals surface area contributed by atoms with Crippen LogP contribution in [0.5, 0.6) is 0 Å². The zero-order chi connectivity index (χ0) is 15.1. The van der Waals surface area contributed by atoms with Crippen molar-refractivity contribution in [2.45, 2.75) is 27.2 Å². The molecule has 20 heavy (non-hydrogen) atoms. The molecule has 1 aromatic carbocycles. The van der Waals surface area contributed by atoms with Crippen LogP contribution in [0.4, 0.5) is 0 Å². The number of amides is 1. The molecule has 0 bridgehead atoms. The Balaban J connectivity index is 2.79. The molecule has 1 rings (SSSR count). The molecule has 0 fully saturated rings. The Morgan fingerprint density at radius 3 is 2.60 bits per heavy atom. The molecule has 0 saturated carbocycles. The van der Waals surface area contributed by atoms with Crippen LogP contribution >= 0.6 is 0 Å². The van der Waals surface area contributed by atoms with Crippen LogP contribution in [0.15, 0.2) is 24.3 Å². The van der Waals surface area contributed by atoms with Crippen LogP contribution in [-0.2, 0) is 4.79 Å². The molecular weight excluding hydrogens is 254 g/mol. The fourth-order valence-electron chi connectivity index (χ4n) is 1.78. The lowest BCUT2D eigenvalue weighted by atomic mass is 10.1. The molecule has 0 atom stereocenters. The Hall–Kier alpha value is -2.10. The molecule has 4 nitrogen and oxygen atoms in total. The topological polar surface area (TPSA) is 66.4 Å². The molecular formula is C16H21NO3. The smallest absolute Gasteiger partial charge is 0.328 e. The highest BCUT2D eigenvalue weighted by Gasteiger charge is 2.07. The number of aryl methyl sites for hydroxylation is 1. The summed E-state index contributed by atoms with van der Waals surface area (Å²) in [6.07, 6.45) is 3.48. The van der Waals surface area contributed by atoms with E-state index in [-0.39, 0.29) is 5.91 Å². The predicted molar refractivity (Wildman–Crippen MR) is 79.6 cm³/mol. The summed E-state index contributed by atoms with van der Waals surface area (Å²) in [6.45, 7) is 6.73. The van der Waals surface area contributed by atoms with Crippen LogP contribution in [0.2, 0.25) is 0 Å². The molecule has 1 aromatic rings. The lowest BCUT2D eigenvalue weighted by molar-refractivity contribution is -0.131. The Bertz CT molecular complexity index is 518. The van der Waals surface area contributed by atoms with Gasteiger partial charge in [0.25, 0.3) is 5.91 Å². The van der Waals surface area contributed by atoms with Crippen molar-refractivity contribution in [3.63, 3.8) is 0 Å². The van der Waals surface area contributed by atoms with E-state index in [0.717, 1.165) is 18.1 Å². The number of aliphatic carboxylic acids is 1. The average Bonchev–Trinajstić information content (AvgIpc) is 2.35. The summed E-state index contributed by atoms with van der Waals surface area (Å²) in [7, 11) is 0. The van der Waals surface area contributed by atoms with Gasteiger partial charge in [0.15, 0.2) is 0 Å². The van der Waals surface area contributed by atoms with E-state index in [1.807, 2.05) is 13.0 Å². The van der Waals surface area contributed by atoms with Crippen molar-refractivity contribution in [1.29, 1.82) is 0 Å². The Morgan fingerprint density at radius 2 is 2.00 bits per heavy atom. The molecule has 0 aliphatic carbocycles. The maximum Gasteiger partial charge on any atom is 0.328 e. The first-order valence-electron chi connectivity index (χ1n) is 6.69. The van der Waals surface area contributed by atoms with E-state index in [9.17, 15) is 9.59 Å². The first-order valence-corrected chi connectivity index (χ1v) is 6.69. The number of carboxylic acids is 1. The molecule has 0 unspecified atom stereocenters. The molecule has 0 aliphatic heterocycles. The summed E-state index contributed by atoms with van der Waals surface area (Å²) < 4.78 is 0. The third kappa shape index (κ3) is 5.69. The summed E-state index contributed by atoms with van der Waals surface area (Å²) in [5, 5.41) is 11.5. The van der Waals surface area contributed by atoms with Crippen molar-refractivity contribution < 1.29 is 14.7 Å². The summed E-state index contributed by atoms with van der Waals surface area (Å²) in [6, 6.07) is 5.32. The van der Waals surface area contributed by atoms with Gasteiger partial charge in [-0.2, -0.15) is 0 Å². The first kappa shape index (κ1) is 16.0. The van der Waals surface area contributed by atoms with Crippen LogP contribution in [0.3, 0.4) is 0 Å². The van der Waals surface area contributed by atoms with Crippen molar-refractivity contribution in [3.05, 3.63) is 41.0 Å². The van der Waals surface area contributed by atoms with E-state index in [0.29, 0.717) is 23.6 Å². The standard InChI is InChI=1S/C16H21NO3/c1-11(2)6-7-17-16(20)14-9-12(3)8-13(10-14)4-5-15(18)19/h4-5,8-11H,6-7H2,1-3H3,(H,17,20)(H,18,19)/b5-4+. The average molecular weight is 275 g/mol. The summed E-state index contributed by atoms with van der Waals surface area (Å²) in [5.74, 6) is -0.587. The second-order valence-electron chi connectivity index (χ2n) is 5.24. The van der Waals surface area contributed by atoms with E-state index in [1.54, 1.807) is 12.1 Å². The summed E-state index contributed by atoms with van der Waals surface area (Å²) in [5.41, 5.74) is 2.19. The van der Waals surface area contributed by atoms with E-state index >= 15 is 0 Å². The minimum atomic E-state index is -1.01. The van der Waals surface area contributed by atoms with Gasteiger partial charge in [-0.05, 0) is 48.6 Å². The molecule has 1 amide bonds. The van der Waals surface area contributed by atoms with Gasteiger partial charge < -0.3 is 10.4 Å². The number of hydrogen-bond acceptors (Lipinski definition) is 2. The van der Waals surface area contributed by atoms with Crippen molar-refractivity contribution in [2.75, 3.05) is 6.54 Å². The predicted octanol–water partition coefficient (Wildman–Crippen LogP) is 2.87. The van der Waals surface area contributed by atoms with Gasteiger partial charge in [-0.1, -0.05) is 19.9 Å². The number of nitrogens with one attached hydrogen (secondary N) is 1. The number of rotatable bonds is 6. The van der Waals surface area contributed by atoms with Gasteiger partial charge in [0.2, 0.25) is 0 Å². The number of benzene rings is 1. The number of hydrogen-bond donors (Lipinski definition) is 2. The third-order valence-electron chi connectivity index (χ3n) is 2.79. The van der Waals surface area contributed by atoms with Gasteiger partial charge in [-0.25, -0.2) is 4.79 Å². The van der Waals surface area contributed by atoms with E-state index in [2.05, 4.69) is 19.2 Å². The second-order valence-corrected chi connectivity index (χ2v) is 5.24. The van der Waals surface area contributed by atoms with Gasteiger partial charge in [0, 0.05) is 18.2 Å². The Kier molecular flexibility index (Phi) is 5.97. The normalized spacial score (nSPS) is 11.0.